The molecule has 192 valence electrons. The van der Waals surface area contributed by atoms with Gasteiger partial charge in [0.05, 0.1) is 12.5 Å². The maximum Gasteiger partial charge on any atom is 0.305 e. The molecule has 5 unspecified atom stereocenters. The second kappa shape index (κ2) is 9.95. The zero-order valence-electron chi connectivity index (χ0n) is 21.6. The summed E-state index contributed by atoms with van der Waals surface area (Å²) in [5.41, 5.74) is 0.616. The molecular weight excluding hydrogens is 426 g/mol. The summed E-state index contributed by atoms with van der Waals surface area (Å²) < 4.78 is 0. The molecule has 0 spiro atoms. The third kappa shape index (κ3) is 4.58. The molecule has 0 bridgehead atoms. The highest BCUT2D eigenvalue weighted by molar-refractivity contribution is 5.76. The van der Waals surface area contributed by atoms with Crippen molar-refractivity contribution in [1.82, 2.24) is 5.32 Å². The van der Waals surface area contributed by atoms with E-state index >= 15 is 0 Å². The Morgan fingerprint density at radius 1 is 1.06 bits per heavy atom. The maximum absolute atomic E-state index is 12.2. The second-order valence-electron chi connectivity index (χ2n) is 12.8. The average molecular weight is 474 g/mol. The highest BCUT2D eigenvalue weighted by Gasteiger charge is 2.62. The Hall–Kier alpha value is -1.36. The normalized spacial score (nSPS) is 44.3. The van der Waals surface area contributed by atoms with Crippen molar-refractivity contribution in [3.8, 4) is 0 Å². The fourth-order valence-corrected chi connectivity index (χ4v) is 9.40. The number of hydrogen-bond acceptors (Lipinski definition) is 3. The van der Waals surface area contributed by atoms with Crippen LogP contribution in [0.25, 0.3) is 0 Å². The molecular formula is C29H47NO4. The number of allylic oxidation sites excluding steroid dienone is 1. The van der Waals surface area contributed by atoms with Crippen LogP contribution in [0.2, 0.25) is 0 Å². The van der Waals surface area contributed by atoms with Gasteiger partial charge < -0.3 is 15.5 Å². The smallest absolute Gasteiger partial charge is 0.305 e. The highest BCUT2D eigenvalue weighted by Crippen LogP contribution is 2.68. The molecule has 3 N–H and O–H groups in total. The molecule has 34 heavy (non-hydrogen) atoms. The lowest BCUT2D eigenvalue weighted by molar-refractivity contribution is -0.167. The Labute approximate surface area is 206 Å². The molecule has 4 fully saturated rings. The van der Waals surface area contributed by atoms with E-state index in [0.717, 1.165) is 12.8 Å². The van der Waals surface area contributed by atoms with Crippen LogP contribution in [-0.4, -0.2) is 34.7 Å². The number of carboxylic acids is 1. The van der Waals surface area contributed by atoms with Gasteiger partial charge in [-0.25, -0.2) is 0 Å². The molecule has 4 rings (SSSR count). The summed E-state index contributed by atoms with van der Waals surface area (Å²) in [5.74, 6) is 3.04. The molecule has 10 atom stereocenters. The summed E-state index contributed by atoms with van der Waals surface area (Å²) >= 11 is 0. The van der Waals surface area contributed by atoms with Crippen molar-refractivity contribution >= 4 is 11.9 Å². The van der Waals surface area contributed by atoms with Crippen LogP contribution in [0.1, 0.15) is 91.4 Å². The first-order chi connectivity index (χ1) is 16.1. The SMILES string of the molecule is C=C[C@@H]1CC[C@]2(C)C3CC[C@]4(C)C(C(C)CCC(=O)NCCC(=O)O)CCC4C3[C@@H](O)C[C@@H]2C1. The molecule has 1 amide bonds. The van der Waals surface area contributed by atoms with E-state index in [9.17, 15) is 14.7 Å². The largest absolute Gasteiger partial charge is 0.481 e. The minimum absolute atomic E-state index is 0.0252. The molecule has 0 radical (unpaired) electrons. The van der Waals surface area contributed by atoms with Gasteiger partial charge in [-0.1, -0.05) is 26.8 Å². The van der Waals surface area contributed by atoms with Crippen LogP contribution in [0, 0.1) is 52.3 Å². The Bertz CT molecular complexity index is 782. The number of aliphatic hydroxyl groups excluding tert-OH is 1. The van der Waals surface area contributed by atoms with E-state index < -0.39 is 5.97 Å². The second-order valence-corrected chi connectivity index (χ2v) is 12.8. The standard InChI is InChI=1S/C29H47NO4/c1-5-19-10-13-28(3)20(16-19)17-24(31)27-22-8-7-21(29(22,4)14-11-23(27)28)18(2)6-9-25(32)30-15-12-26(33)34/h5,18-24,27,31H,1,6-17H2,2-4H3,(H,30,32)(H,33,34)/t18?,19-,20+,21?,22?,23?,24+,27?,28+,29-/m1/s1. The van der Waals surface area contributed by atoms with Crippen molar-refractivity contribution in [1.29, 1.82) is 0 Å². The average Bonchev–Trinajstić information content (AvgIpc) is 3.14. The molecule has 5 heteroatoms. The molecule has 0 heterocycles. The van der Waals surface area contributed by atoms with Crippen molar-refractivity contribution in [2.24, 2.45) is 52.3 Å². The summed E-state index contributed by atoms with van der Waals surface area (Å²) in [6.45, 7) is 11.6. The maximum atomic E-state index is 12.2. The van der Waals surface area contributed by atoms with Gasteiger partial charge in [-0.3, -0.25) is 9.59 Å². The molecule has 4 saturated carbocycles. The van der Waals surface area contributed by atoms with Crippen LogP contribution in [-0.2, 0) is 9.59 Å². The van der Waals surface area contributed by atoms with E-state index in [1.54, 1.807) is 0 Å². The number of nitrogens with one attached hydrogen (secondary N) is 1. The number of fused-ring (bicyclic) bond motifs is 5. The first-order valence-electron chi connectivity index (χ1n) is 13.9. The van der Waals surface area contributed by atoms with E-state index in [0.29, 0.717) is 53.3 Å². The van der Waals surface area contributed by atoms with Crippen molar-refractivity contribution in [2.45, 2.75) is 97.5 Å². The van der Waals surface area contributed by atoms with E-state index in [1.807, 2.05) is 0 Å². The minimum Gasteiger partial charge on any atom is -0.481 e. The summed E-state index contributed by atoms with van der Waals surface area (Å²) in [6, 6.07) is 0. The summed E-state index contributed by atoms with van der Waals surface area (Å²) in [6.07, 6.45) is 12.9. The molecule has 4 aliphatic rings. The van der Waals surface area contributed by atoms with Crippen molar-refractivity contribution in [3.05, 3.63) is 12.7 Å². The van der Waals surface area contributed by atoms with Gasteiger partial charge in [-0.05, 0) is 110 Å². The van der Waals surface area contributed by atoms with Gasteiger partial charge in [-0.15, -0.1) is 6.58 Å². The number of carboxylic acid groups (broad SMARTS) is 1. The first-order valence-corrected chi connectivity index (χ1v) is 13.9. The quantitative estimate of drug-likeness (QED) is 0.411. The number of aliphatic hydroxyl groups is 1. The molecule has 0 saturated heterocycles. The monoisotopic (exact) mass is 473 g/mol. The van der Waals surface area contributed by atoms with E-state index in [1.165, 1.54) is 44.9 Å². The van der Waals surface area contributed by atoms with Gasteiger partial charge in [0.1, 0.15) is 0 Å². The third-order valence-electron chi connectivity index (χ3n) is 11.3. The molecule has 0 aromatic rings. The van der Waals surface area contributed by atoms with Crippen LogP contribution in [0.15, 0.2) is 12.7 Å². The summed E-state index contributed by atoms with van der Waals surface area (Å²) in [5, 5.41) is 23.0. The lowest BCUT2D eigenvalue weighted by atomic mass is 9.43. The summed E-state index contributed by atoms with van der Waals surface area (Å²) in [7, 11) is 0. The predicted octanol–water partition coefficient (Wildman–Crippen LogP) is 5.43. The van der Waals surface area contributed by atoms with Crippen LogP contribution in [0.5, 0.6) is 0 Å². The lowest BCUT2D eigenvalue weighted by Crippen LogP contribution is -2.58. The Kier molecular flexibility index (Phi) is 7.53. The molecule has 4 aliphatic carbocycles. The highest BCUT2D eigenvalue weighted by atomic mass is 16.4. The van der Waals surface area contributed by atoms with Crippen LogP contribution in [0.4, 0.5) is 0 Å². The van der Waals surface area contributed by atoms with Crippen LogP contribution < -0.4 is 5.32 Å². The Morgan fingerprint density at radius 2 is 1.76 bits per heavy atom. The minimum atomic E-state index is -0.881. The Morgan fingerprint density at radius 3 is 2.47 bits per heavy atom. The van der Waals surface area contributed by atoms with E-state index in [2.05, 4.69) is 38.7 Å². The molecule has 0 aromatic carbocycles. The van der Waals surface area contributed by atoms with Gasteiger partial charge in [0.25, 0.3) is 0 Å². The fraction of sp³-hybridized carbons (Fsp3) is 0.862. The van der Waals surface area contributed by atoms with Crippen molar-refractivity contribution in [3.63, 3.8) is 0 Å². The van der Waals surface area contributed by atoms with Gasteiger partial charge in [-0.2, -0.15) is 0 Å². The van der Waals surface area contributed by atoms with Crippen molar-refractivity contribution in [2.75, 3.05) is 6.54 Å². The number of rotatable bonds is 8. The van der Waals surface area contributed by atoms with E-state index in [-0.39, 0.29) is 30.4 Å². The number of hydrogen-bond donors (Lipinski definition) is 3. The van der Waals surface area contributed by atoms with Gasteiger partial charge in [0, 0.05) is 13.0 Å². The zero-order valence-corrected chi connectivity index (χ0v) is 21.6. The van der Waals surface area contributed by atoms with Gasteiger partial charge in [0.2, 0.25) is 5.91 Å². The number of carbonyl (C=O) groups is 2. The predicted molar refractivity (Wildman–Crippen MR) is 134 cm³/mol. The Balaban J connectivity index is 1.40. The van der Waals surface area contributed by atoms with E-state index in [4.69, 9.17) is 5.11 Å². The fourth-order valence-electron chi connectivity index (χ4n) is 9.40. The number of aliphatic carboxylic acids is 1. The topological polar surface area (TPSA) is 86.6 Å². The van der Waals surface area contributed by atoms with Gasteiger partial charge >= 0.3 is 5.97 Å². The van der Waals surface area contributed by atoms with Crippen LogP contribution >= 0.6 is 0 Å². The molecule has 0 aromatic heterocycles. The number of amides is 1. The van der Waals surface area contributed by atoms with Crippen molar-refractivity contribution < 1.29 is 19.8 Å². The summed E-state index contributed by atoms with van der Waals surface area (Å²) in [4.78, 5) is 22.9. The molecule has 5 nitrogen and oxygen atoms in total. The number of carbonyl (C=O) groups excluding carboxylic acids is 1. The third-order valence-corrected chi connectivity index (χ3v) is 11.3. The van der Waals surface area contributed by atoms with Gasteiger partial charge in [0.15, 0.2) is 0 Å². The first kappa shape index (κ1) is 25.7. The molecule has 0 aliphatic heterocycles. The zero-order chi connectivity index (χ0) is 24.7. The lowest BCUT2D eigenvalue weighted by Gasteiger charge is -2.62. The van der Waals surface area contributed by atoms with Crippen LogP contribution in [0.3, 0.4) is 0 Å².